The van der Waals surface area contributed by atoms with Crippen molar-refractivity contribution in [2.45, 2.75) is 0 Å². The Morgan fingerprint density at radius 2 is 2.08 bits per heavy atom. The van der Waals surface area contributed by atoms with Gasteiger partial charge < -0.3 is 5.32 Å². The maximum absolute atomic E-state index is 7.44. The second-order valence-electron chi connectivity index (χ2n) is 2.52. The Labute approximate surface area is 75.2 Å². The van der Waals surface area contributed by atoms with Gasteiger partial charge in [-0.2, -0.15) is 0 Å². The molecule has 0 aromatic heterocycles. The van der Waals surface area contributed by atoms with Crippen LogP contribution in [0.5, 0.6) is 0 Å². The molecule has 0 saturated carbocycles. The van der Waals surface area contributed by atoms with Crippen LogP contribution >= 0.6 is 11.8 Å². The van der Waals surface area contributed by atoms with Crippen LogP contribution < -0.4 is 5.32 Å². The summed E-state index contributed by atoms with van der Waals surface area (Å²) in [6.07, 6.45) is 0. The zero-order valence-electron chi connectivity index (χ0n) is 6.42. The number of fused-ring (bicyclic) bond motifs is 1. The number of rotatable bonds is 0. The topological polar surface area (TPSA) is 35.9 Å². The van der Waals surface area contributed by atoms with Crippen molar-refractivity contribution in [2.75, 3.05) is 5.32 Å². The third kappa shape index (κ3) is 1.12. The number of hydrogen-bond donors (Lipinski definition) is 2. The van der Waals surface area contributed by atoms with Gasteiger partial charge in [0, 0.05) is 16.2 Å². The molecule has 0 spiro atoms. The van der Waals surface area contributed by atoms with Gasteiger partial charge >= 0.3 is 0 Å². The fourth-order valence-corrected chi connectivity index (χ4v) is 1.86. The Bertz CT molecular complexity index is 357. The summed E-state index contributed by atoms with van der Waals surface area (Å²) in [5, 5.41) is 10.9. The Morgan fingerprint density at radius 1 is 1.33 bits per heavy atom. The van der Waals surface area contributed by atoms with Crippen molar-refractivity contribution >= 4 is 27.5 Å². The number of amidine groups is 1. The summed E-state index contributed by atoms with van der Waals surface area (Å²) in [7, 11) is 0. The molecule has 0 unspecified atom stereocenters. The van der Waals surface area contributed by atoms with E-state index in [9.17, 15) is 0 Å². The second kappa shape index (κ2) is 2.68. The molecule has 0 bridgehead atoms. The normalized spacial score (nSPS) is 15.3. The van der Waals surface area contributed by atoms with Crippen molar-refractivity contribution in [3.05, 3.63) is 36.4 Å². The Balaban J connectivity index is 2.54. The van der Waals surface area contributed by atoms with E-state index in [0.717, 1.165) is 16.2 Å². The van der Waals surface area contributed by atoms with Gasteiger partial charge in [-0.05, 0) is 6.07 Å². The third-order valence-electron chi connectivity index (χ3n) is 1.70. The van der Waals surface area contributed by atoms with Gasteiger partial charge in [0.25, 0.3) is 0 Å². The van der Waals surface area contributed by atoms with E-state index in [1.807, 2.05) is 24.3 Å². The first kappa shape index (κ1) is 7.43. The Hall–Kier alpha value is -1.22. The molecule has 1 aromatic carbocycles. The highest BCUT2D eigenvalue weighted by Gasteiger charge is 2.14. The minimum absolute atomic E-state index is 0.443. The summed E-state index contributed by atoms with van der Waals surface area (Å²) in [5.74, 6) is 0. The molecule has 2 rings (SSSR count). The van der Waals surface area contributed by atoms with Crippen LogP contribution in [0.15, 0.2) is 30.8 Å². The molecule has 1 aliphatic heterocycles. The van der Waals surface area contributed by atoms with Crippen molar-refractivity contribution in [3.8, 4) is 0 Å². The van der Waals surface area contributed by atoms with Crippen LogP contribution in [0.1, 0.15) is 5.56 Å². The predicted octanol–water partition coefficient (Wildman–Crippen LogP) is 2.75. The van der Waals surface area contributed by atoms with Gasteiger partial charge in [0.1, 0.15) is 0 Å². The number of thioether (sulfide) groups is 1. The first-order chi connectivity index (χ1) is 5.77. The van der Waals surface area contributed by atoms with E-state index in [4.69, 9.17) is 5.41 Å². The Morgan fingerprint density at radius 3 is 2.92 bits per heavy atom. The van der Waals surface area contributed by atoms with Crippen LogP contribution in [-0.2, 0) is 0 Å². The highest BCUT2D eigenvalue weighted by atomic mass is 32.2. The van der Waals surface area contributed by atoms with E-state index in [1.54, 1.807) is 0 Å². The molecule has 0 fully saturated rings. The lowest BCUT2D eigenvalue weighted by atomic mass is 10.2. The SMILES string of the molecule is C=C1SC(=N)Nc2ccccc21. The van der Waals surface area contributed by atoms with E-state index in [-0.39, 0.29) is 0 Å². The predicted molar refractivity (Wildman–Crippen MR) is 54.4 cm³/mol. The molecule has 0 radical (unpaired) electrons. The standard InChI is InChI=1S/C9H8N2S/c1-6-7-4-2-3-5-8(7)11-9(10)12-6/h2-5H,1H2,(H2,10,11). The van der Waals surface area contributed by atoms with Crippen LogP contribution in [0.3, 0.4) is 0 Å². The maximum atomic E-state index is 7.44. The summed E-state index contributed by atoms with van der Waals surface area (Å²) in [6.45, 7) is 3.89. The van der Waals surface area contributed by atoms with Crippen molar-refractivity contribution in [2.24, 2.45) is 0 Å². The summed E-state index contributed by atoms with van der Waals surface area (Å²) < 4.78 is 0. The molecule has 0 atom stereocenters. The molecular weight excluding hydrogens is 168 g/mol. The molecule has 2 N–H and O–H groups in total. The highest BCUT2D eigenvalue weighted by Crippen LogP contribution is 2.36. The van der Waals surface area contributed by atoms with Crippen LogP contribution in [0.4, 0.5) is 5.69 Å². The number of nitrogens with one attached hydrogen (secondary N) is 2. The average molecular weight is 176 g/mol. The van der Waals surface area contributed by atoms with Crippen LogP contribution in [0.2, 0.25) is 0 Å². The summed E-state index contributed by atoms with van der Waals surface area (Å²) in [5.41, 5.74) is 2.07. The lowest BCUT2D eigenvalue weighted by molar-refractivity contribution is 1.50. The van der Waals surface area contributed by atoms with Crippen LogP contribution in [-0.4, -0.2) is 5.17 Å². The van der Waals surface area contributed by atoms with Crippen LogP contribution in [0.25, 0.3) is 4.91 Å². The fraction of sp³-hybridized carbons (Fsp3) is 0. The van der Waals surface area contributed by atoms with E-state index in [0.29, 0.717) is 5.17 Å². The van der Waals surface area contributed by atoms with E-state index >= 15 is 0 Å². The number of benzene rings is 1. The molecular formula is C9H8N2S. The zero-order chi connectivity index (χ0) is 8.55. The van der Waals surface area contributed by atoms with Crippen molar-refractivity contribution in [1.29, 1.82) is 5.41 Å². The fourth-order valence-electron chi connectivity index (χ4n) is 1.16. The molecule has 0 saturated heterocycles. The van der Waals surface area contributed by atoms with E-state index < -0.39 is 0 Å². The van der Waals surface area contributed by atoms with Gasteiger partial charge in [0.2, 0.25) is 0 Å². The number of para-hydroxylation sites is 1. The quantitative estimate of drug-likeness (QED) is 0.637. The first-order valence-corrected chi connectivity index (χ1v) is 4.41. The Kier molecular flexibility index (Phi) is 1.66. The maximum Gasteiger partial charge on any atom is 0.163 e. The monoisotopic (exact) mass is 176 g/mol. The molecule has 1 aliphatic rings. The molecule has 0 amide bonds. The number of hydrogen-bond acceptors (Lipinski definition) is 2. The molecule has 12 heavy (non-hydrogen) atoms. The van der Waals surface area contributed by atoms with Gasteiger partial charge in [-0.25, -0.2) is 0 Å². The van der Waals surface area contributed by atoms with Gasteiger partial charge in [0.05, 0.1) is 0 Å². The zero-order valence-corrected chi connectivity index (χ0v) is 7.24. The van der Waals surface area contributed by atoms with Gasteiger partial charge in [-0.3, -0.25) is 5.41 Å². The molecule has 1 heterocycles. The lowest BCUT2D eigenvalue weighted by Crippen LogP contribution is -2.11. The van der Waals surface area contributed by atoms with Crippen molar-refractivity contribution in [1.82, 2.24) is 0 Å². The third-order valence-corrected chi connectivity index (χ3v) is 2.47. The smallest absolute Gasteiger partial charge is 0.163 e. The van der Waals surface area contributed by atoms with Gasteiger partial charge in [-0.1, -0.05) is 36.5 Å². The average Bonchev–Trinajstić information content (AvgIpc) is 2.04. The minimum Gasteiger partial charge on any atom is -0.334 e. The molecule has 2 nitrogen and oxygen atoms in total. The first-order valence-electron chi connectivity index (χ1n) is 3.59. The van der Waals surface area contributed by atoms with Gasteiger partial charge in [0.15, 0.2) is 5.17 Å². The van der Waals surface area contributed by atoms with Crippen molar-refractivity contribution in [3.63, 3.8) is 0 Å². The summed E-state index contributed by atoms with van der Waals surface area (Å²) in [4.78, 5) is 0.939. The molecule has 3 heteroatoms. The van der Waals surface area contributed by atoms with Crippen molar-refractivity contribution < 1.29 is 0 Å². The van der Waals surface area contributed by atoms with E-state index in [1.165, 1.54) is 11.8 Å². The molecule has 60 valence electrons. The molecule has 0 aliphatic carbocycles. The largest absolute Gasteiger partial charge is 0.334 e. The van der Waals surface area contributed by atoms with E-state index in [2.05, 4.69) is 11.9 Å². The number of anilines is 1. The summed E-state index contributed by atoms with van der Waals surface area (Å²) >= 11 is 1.36. The van der Waals surface area contributed by atoms with Gasteiger partial charge in [-0.15, -0.1) is 0 Å². The highest BCUT2D eigenvalue weighted by molar-refractivity contribution is 8.21. The summed E-state index contributed by atoms with van der Waals surface area (Å²) in [6, 6.07) is 7.88. The minimum atomic E-state index is 0.443. The van der Waals surface area contributed by atoms with Crippen LogP contribution in [0, 0.1) is 5.41 Å². The lowest BCUT2D eigenvalue weighted by Gasteiger charge is -2.19. The second-order valence-corrected chi connectivity index (χ2v) is 3.63. The molecule has 1 aromatic rings.